The van der Waals surface area contributed by atoms with E-state index in [9.17, 15) is 0 Å². The highest BCUT2D eigenvalue weighted by molar-refractivity contribution is 14.1. The maximum absolute atomic E-state index is 4.17. The zero-order valence-corrected chi connectivity index (χ0v) is 8.65. The average molecular weight is 265 g/mol. The van der Waals surface area contributed by atoms with E-state index in [1.165, 1.54) is 5.56 Å². The predicted molar refractivity (Wildman–Crippen MR) is 54.2 cm³/mol. The maximum atomic E-state index is 4.17. The first-order valence-corrected chi connectivity index (χ1v) is 5.39. The summed E-state index contributed by atoms with van der Waals surface area (Å²) in [5, 5.41) is 0. The highest BCUT2D eigenvalue weighted by Gasteiger charge is 1.90. The van der Waals surface area contributed by atoms with Gasteiger partial charge < -0.3 is 0 Å². The van der Waals surface area contributed by atoms with Crippen LogP contribution in [0.2, 0.25) is 0 Å². The summed E-state index contributed by atoms with van der Waals surface area (Å²) in [4.78, 5) is 4.17. The minimum Gasteiger partial charge on any atom is -0.250 e. The van der Waals surface area contributed by atoms with Gasteiger partial charge in [-0.15, -0.1) is 0 Å². The van der Waals surface area contributed by atoms with Crippen molar-refractivity contribution in [2.24, 2.45) is 0 Å². The third kappa shape index (κ3) is 2.46. The minimum absolute atomic E-state index is 1.06. The molecule has 0 atom stereocenters. The lowest BCUT2D eigenvalue weighted by Gasteiger charge is -1.95. The first kappa shape index (κ1) is 8.33. The Kier molecular flexibility index (Phi) is 3.48. The molecule has 0 fully saturated rings. The summed E-state index contributed by atoms with van der Waals surface area (Å²) in [6, 6.07) is 4.15. The fourth-order valence-corrected chi connectivity index (χ4v) is 1.48. The lowest BCUT2D eigenvalue weighted by molar-refractivity contribution is 1.21. The van der Waals surface area contributed by atoms with E-state index in [1.807, 2.05) is 24.0 Å². The van der Waals surface area contributed by atoms with Gasteiger partial charge in [-0.2, -0.15) is 11.8 Å². The van der Waals surface area contributed by atoms with E-state index < -0.39 is 0 Å². The third-order valence-electron chi connectivity index (χ3n) is 1.10. The minimum atomic E-state index is 1.06. The first-order chi connectivity index (χ1) is 4.83. The van der Waals surface area contributed by atoms with Gasteiger partial charge in [-0.05, 0) is 40.5 Å². The smallest absolute Gasteiger partial charge is 0.101 e. The Balaban J connectivity index is 2.69. The molecule has 0 saturated carbocycles. The van der Waals surface area contributed by atoms with E-state index in [4.69, 9.17) is 0 Å². The van der Waals surface area contributed by atoms with Crippen LogP contribution in [0.3, 0.4) is 0 Å². The maximum Gasteiger partial charge on any atom is 0.101 e. The Morgan fingerprint density at radius 3 is 2.90 bits per heavy atom. The molecule has 0 bridgehead atoms. The molecule has 0 amide bonds. The molecule has 0 N–H and O–H groups in total. The summed E-state index contributed by atoms with van der Waals surface area (Å²) in [6.45, 7) is 0. The second kappa shape index (κ2) is 4.18. The molecule has 1 heterocycles. The quantitative estimate of drug-likeness (QED) is 0.602. The van der Waals surface area contributed by atoms with Gasteiger partial charge in [-0.1, -0.05) is 6.07 Å². The first-order valence-electron chi connectivity index (χ1n) is 2.92. The van der Waals surface area contributed by atoms with Crippen LogP contribution in [0.1, 0.15) is 5.56 Å². The molecule has 1 nitrogen and oxygen atoms in total. The lowest BCUT2D eigenvalue weighted by atomic mass is 10.3. The normalized spacial score (nSPS) is 9.80. The van der Waals surface area contributed by atoms with Crippen LogP contribution in [0.5, 0.6) is 0 Å². The SMILES string of the molecule is CSCc1ccc(I)nc1. The van der Waals surface area contributed by atoms with Crippen molar-refractivity contribution in [2.75, 3.05) is 6.26 Å². The van der Waals surface area contributed by atoms with E-state index in [-0.39, 0.29) is 0 Å². The van der Waals surface area contributed by atoms with E-state index in [1.54, 1.807) is 0 Å². The molecule has 0 aliphatic carbocycles. The van der Waals surface area contributed by atoms with Gasteiger partial charge in [-0.3, -0.25) is 4.98 Å². The number of aromatic nitrogens is 1. The van der Waals surface area contributed by atoms with Gasteiger partial charge in [0.15, 0.2) is 0 Å². The van der Waals surface area contributed by atoms with Crippen LogP contribution in [0.15, 0.2) is 18.3 Å². The number of thioether (sulfide) groups is 1. The average Bonchev–Trinajstić information content (AvgIpc) is 1.95. The summed E-state index contributed by atoms with van der Waals surface area (Å²) < 4.78 is 1.06. The number of hydrogen-bond acceptors (Lipinski definition) is 2. The number of pyridine rings is 1. The van der Waals surface area contributed by atoms with Crippen LogP contribution in [-0.4, -0.2) is 11.2 Å². The van der Waals surface area contributed by atoms with Crippen molar-refractivity contribution in [3.05, 3.63) is 27.6 Å². The molecule has 0 aromatic carbocycles. The van der Waals surface area contributed by atoms with Crippen LogP contribution >= 0.6 is 34.4 Å². The molecule has 10 heavy (non-hydrogen) atoms. The van der Waals surface area contributed by atoms with Crippen molar-refractivity contribution in [1.82, 2.24) is 4.98 Å². The van der Waals surface area contributed by atoms with Gasteiger partial charge in [0.1, 0.15) is 3.70 Å². The van der Waals surface area contributed by atoms with Crippen molar-refractivity contribution in [3.8, 4) is 0 Å². The Morgan fingerprint density at radius 1 is 1.60 bits per heavy atom. The Hall–Kier alpha value is 0.230. The van der Waals surface area contributed by atoms with Crippen molar-refractivity contribution in [3.63, 3.8) is 0 Å². The van der Waals surface area contributed by atoms with Crippen LogP contribution in [0.25, 0.3) is 0 Å². The Labute approximate surface area is 78.8 Å². The van der Waals surface area contributed by atoms with Crippen LogP contribution < -0.4 is 0 Å². The topological polar surface area (TPSA) is 12.9 Å². The monoisotopic (exact) mass is 265 g/mol. The Bertz CT molecular complexity index is 197. The third-order valence-corrected chi connectivity index (χ3v) is 2.36. The summed E-state index contributed by atoms with van der Waals surface area (Å²) >= 11 is 4.03. The number of nitrogens with zero attached hydrogens (tertiary/aromatic N) is 1. The number of hydrogen-bond donors (Lipinski definition) is 0. The van der Waals surface area contributed by atoms with Gasteiger partial charge >= 0.3 is 0 Å². The molecule has 54 valence electrons. The van der Waals surface area contributed by atoms with Crippen LogP contribution in [0, 0.1) is 3.70 Å². The molecule has 0 spiro atoms. The Morgan fingerprint density at radius 2 is 2.40 bits per heavy atom. The predicted octanol–water partition coefficient (Wildman–Crippen LogP) is 2.55. The van der Waals surface area contributed by atoms with E-state index in [0.29, 0.717) is 0 Å². The summed E-state index contributed by atoms with van der Waals surface area (Å²) in [5.41, 5.74) is 1.30. The van der Waals surface area contributed by atoms with E-state index in [0.717, 1.165) is 9.45 Å². The molecule has 1 aromatic heterocycles. The largest absolute Gasteiger partial charge is 0.250 e. The highest BCUT2D eigenvalue weighted by Crippen LogP contribution is 2.08. The number of rotatable bonds is 2. The molecule has 0 unspecified atom stereocenters. The van der Waals surface area contributed by atoms with Crippen molar-refractivity contribution in [2.45, 2.75) is 5.75 Å². The van der Waals surface area contributed by atoms with Gasteiger partial charge in [0, 0.05) is 11.9 Å². The zero-order chi connectivity index (χ0) is 7.40. The molecule has 1 aromatic rings. The zero-order valence-electron chi connectivity index (χ0n) is 5.67. The second-order valence-electron chi connectivity index (χ2n) is 1.92. The van der Waals surface area contributed by atoms with Gasteiger partial charge in [0.25, 0.3) is 0 Å². The molecule has 0 aliphatic heterocycles. The second-order valence-corrected chi connectivity index (χ2v) is 3.89. The van der Waals surface area contributed by atoms with Crippen molar-refractivity contribution >= 4 is 34.4 Å². The van der Waals surface area contributed by atoms with Gasteiger partial charge in [-0.25, -0.2) is 0 Å². The number of halogens is 1. The summed E-state index contributed by atoms with van der Waals surface area (Å²) in [6.07, 6.45) is 4.02. The van der Waals surface area contributed by atoms with Gasteiger partial charge in [0.2, 0.25) is 0 Å². The lowest BCUT2D eigenvalue weighted by Crippen LogP contribution is -1.83. The summed E-state index contributed by atoms with van der Waals surface area (Å²) in [7, 11) is 0. The van der Waals surface area contributed by atoms with E-state index in [2.05, 4.69) is 39.9 Å². The standard InChI is InChI=1S/C7H8INS/c1-10-5-6-2-3-7(8)9-4-6/h2-4H,5H2,1H3. The fraction of sp³-hybridized carbons (Fsp3) is 0.286. The molecule has 3 heteroatoms. The van der Waals surface area contributed by atoms with Crippen LogP contribution in [-0.2, 0) is 5.75 Å². The van der Waals surface area contributed by atoms with Crippen LogP contribution in [0.4, 0.5) is 0 Å². The molecule has 0 radical (unpaired) electrons. The van der Waals surface area contributed by atoms with Crippen molar-refractivity contribution < 1.29 is 0 Å². The highest BCUT2D eigenvalue weighted by atomic mass is 127. The van der Waals surface area contributed by atoms with Gasteiger partial charge in [0.05, 0.1) is 0 Å². The molecule has 0 saturated heterocycles. The molecular formula is C7H8INS. The molecular weight excluding hydrogens is 257 g/mol. The molecule has 0 aliphatic rings. The summed E-state index contributed by atoms with van der Waals surface area (Å²) in [5.74, 6) is 1.06. The van der Waals surface area contributed by atoms with E-state index >= 15 is 0 Å². The fourth-order valence-electron chi connectivity index (χ4n) is 0.658. The van der Waals surface area contributed by atoms with Crippen molar-refractivity contribution in [1.29, 1.82) is 0 Å². The molecule has 1 rings (SSSR count).